The highest BCUT2D eigenvalue weighted by atomic mass is 35.5. The van der Waals surface area contributed by atoms with E-state index in [-0.39, 0.29) is 19.0 Å². The first-order valence-corrected chi connectivity index (χ1v) is 5.20. The van der Waals surface area contributed by atoms with Gasteiger partial charge in [-0.25, -0.2) is 0 Å². The highest BCUT2D eigenvalue weighted by Crippen LogP contribution is 2.31. The van der Waals surface area contributed by atoms with Crippen molar-refractivity contribution in [3.05, 3.63) is 42.0 Å². The standard InChI is InChI=1S/C13H15NO2.ClH/c1-16-12-7-6-9-4-2-3-5-10(9)13(12)11(14)8-15;/h2-7,11,15H,8,14H2,1H3;1H/t11-;/m0./s1. The van der Waals surface area contributed by atoms with Gasteiger partial charge in [0.05, 0.1) is 19.8 Å². The number of rotatable bonds is 3. The van der Waals surface area contributed by atoms with Crippen molar-refractivity contribution in [1.29, 1.82) is 0 Å². The lowest BCUT2D eigenvalue weighted by Gasteiger charge is -2.16. The molecule has 17 heavy (non-hydrogen) atoms. The number of benzene rings is 2. The van der Waals surface area contributed by atoms with E-state index in [0.29, 0.717) is 0 Å². The smallest absolute Gasteiger partial charge is 0.124 e. The van der Waals surface area contributed by atoms with Gasteiger partial charge in [-0.3, -0.25) is 0 Å². The molecule has 0 amide bonds. The van der Waals surface area contributed by atoms with Crippen molar-refractivity contribution >= 4 is 23.2 Å². The van der Waals surface area contributed by atoms with Crippen LogP contribution in [0.15, 0.2) is 36.4 Å². The minimum absolute atomic E-state index is 0. The Morgan fingerprint density at radius 3 is 2.59 bits per heavy atom. The fraction of sp³-hybridized carbons (Fsp3) is 0.231. The normalized spacial score (nSPS) is 11.9. The van der Waals surface area contributed by atoms with Crippen molar-refractivity contribution < 1.29 is 9.84 Å². The van der Waals surface area contributed by atoms with Gasteiger partial charge in [-0.1, -0.05) is 30.3 Å². The van der Waals surface area contributed by atoms with Crippen LogP contribution in [0.2, 0.25) is 0 Å². The highest BCUT2D eigenvalue weighted by Gasteiger charge is 2.14. The van der Waals surface area contributed by atoms with E-state index in [1.54, 1.807) is 7.11 Å². The zero-order valence-corrected chi connectivity index (χ0v) is 10.4. The van der Waals surface area contributed by atoms with E-state index in [0.717, 1.165) is 22.1 Å². The molecule has 0 unspecified atom stereocenters. The lowest BCUT2D eigenvalue weighted by Crippen LogP contribution is -2.16. The van der Waals surface area contributed by atoms with Crippen LogP contribution in [-0.2, 0) is 0 Å². The van der Waals surface area contributed by atoms with E-state index in [1.807, 2.05) is 36.4 Å². The maximum Gasteiger partial charge on any atom is 0.124 e. The van der Waals surface area contributed by atoms with Crippen molar-refractivity contribution in [2.75, 3.05) is 13.7 Å². The van der Waals surface area contributed by atoms with Gasteiger partial charge in [0.1, 0.15) is 5.75 Å². The molecule has 0 heterocycles. The molecule has 0 aliphatic rings. The largest absolute Gasteiger partial charge is 0.496 e. The van der Waals surface area contributed by atoms with Gasteiger partial charge in [-0.2, -0.15) is 0 Å². The average Bonchev–Trinajstić information content (AvgIpc) is 2.36. The number of hydrogen-bond donors (Lipinski definition) is 2. The topological polar surface area (TPSA) is 55.5 Å². The molecule has 0 bridgehead atoms. The summed E-state index contributed by atoms with van der Waals surface area (Å²) in [4.78, 5) is 0. The first-order valence-electron chi connectivity index (χ1n) is 5.20. The van der Waals surface area contributed by atoms with Crippen LogP contribution in [0.25, 0.3) is 10.8 Å². The second-order valence-electron chi connectivity index (χ2n) is 3.69. The van der Waals surface area contributed by atoms with Gasteiger partial charge in [-0.05, 0) is 16.8 Å². The molecule has 92 valence electrons. The Morgan fingerprint density at radius 1 is 1.24 bits per heavy atom. The minimum atomic E-state index is -0.416. The van der Waals surface area contributed by atoms with Crippen molar-refractivity contribution in [2.45, 2.75) is 6.04 Å². The van der Waals surface area contributed by atoms with Crippen LogP contribution >= 0.6 is 12.4 Å². The summed E-state index contributed by atoms with van der Waals surface area (Å²) >= 11 is 0. The molecule has 0 fully saturated rings. The zero-order chi connectivity index (χ0) is 11.5. The van der Waals surface area contributed by atoms with E-state index in [9.17, 15) is 5.11 Å². The number of hydrogen-bond acceptors (Lipinski definition) is 3. The summed E-state index contributed by atoms with van der Waals surface area (Å²) in [5, 5.41) is 11.3. The van der Waals surface area contributed by atoms with Crippen molar-refractivity contribution in [2.24, 2.45) is 5.73 Å². The Hall–Kier alpha value is -1.29. The summed E-state index contributed by atoms with van der Waals surface area (Å²) < 4.78 is 5.29. The number of fused-ring (bicyclic) bond motifs is 1. The van der Waals surface area contributed by atoms with Crippen molar-refractivity contribution in [3.63, 3.8) is 0 Å². The van der Waals surface area contributed by atoms with Crippen LogP contribution in [0.4, 0.5) is 0 Å². The molecular weight excluding hydrogens is 238 g/mol. The third-order valence-corrected chi connectivity index (χ3v) is 2.72. The average molecular weight is 254 g/mol. The molecule has 0 saturated carbocycles. The highest BCUT2D eigenvalue weighted by molar-refractivity contribution is 5.88. The molecule has 3 nitrogen and oxygen atoms in total. The minimum Gasteiger partial charge on any atom is -0.496 e. The second kappa shape index (κ2) is 5.87. The molecular formula is C13H16ClNO2. The van der Waals surface area contributed by atoms with Gasteiger partial charge in [0.2, 0.25) is 0 Å². The predicted molar refractivity (Wildman–Crippen MR) is 71.8 cm³/mol. The zero-order valence-electron chi connectivity index (χ0n) is 9.59. The Morgan fingerprint density at radius 2 is 1.94 bits per heavy atom. The maximum atomic E-state index is 9.19. The van der Waals surface area contributed by atoms with E-state index in [1.165, 1.54) is 0 Å². The quantitative estimate of drug-likeness (QED) is 0.882. The summed E-state index contributed by atoms with van der Waals surface area (Å²) in [7, 11) is 1.61. The lowest BCUT2D eigenvalue weighted by atomic mass is 9.98. The van der Waals surface area contributed by atoms with Crippen LogP contribution in [0, 0.1) is 0 Å². The molecule has 2 aromatic rings. The van der Waals surface area contributed by atoms with Gasteiger partial charge in [0.25, 0.3) is 0 Å². The predicted octanol–water partition coefficient (Wildman–Crippen LogP) is 2.26. The van der Waals surface area contributed by atoms with Crippen LogP contribution < -0.4 is 10.5 Å². The summed E-state index contributed by atoms with van der Waals surface area (Å²) in [5.74, 6) is 0.722. The molecule has 0 aromatic heterocycles. The van der Waals surface area contributed by atoms with Crippen molar-refractivity contribution in [1.82, 2.24) is 0 Å². The van der Waals surface area contributed by atoms with Gasteiger partial charge in [0, 0.05) is 5.56 Å². The summed E-state index contributed by atoms with van der Waals surface area (Å²) in [6.45, 7) is -0.0929. The number of aliphatic hydroxyl groups is 1. The first-order chi connectivity index (χ1) is 7.77. The molecule has 2 rings (SSSR count). The Labute approximate surface area is 107 Å². The van der Waals surface area contributed by atoms with E-state index >= 15 is 0 Å². The molecule has 0 spiro atoms. The monoisotopic (exact) mass is 253 g/mol. The summed E-state index contributed by atoms with van der Waals surface area (Å²) in [6, 6.07) is 11.4. The van der Waals surface area contributed by atoms with Gasteiger partial charge < -0.3 is 15.6 Å². The first kappa shape index (κ1) is 13.8. The van der Waals surface area contributed by atoms with Crippen LogP contribution in [0.3, 0.4) is 0 Å². The summed E-state index contributed by atoms with van der Waals surface area (Å²) in [5.41, 5.74) is 6.77. The fourth-order valence-corrected chi connectivity index (χ4v) is 1.93. The van der Waals surface area contributed by atoms with Gasteiger partial charge in [0.15, 0.2) is 0 Å². The number of nitrogens with two attached hydrogens (primary N) is 1. The number of aliphatic hydroxyl groups excluding tert-OH is 1. The fourth-order valence-electron chi connectivity index (χ4n) is 1.93. The van der Waals surface area contributed by atoms with Crippen LogP contribution in [0.1, 0.15) is 11.6 Å². The van der Waals surface area contributed by atoms with E-state index in [2.05, 4.69) is 0 Å². The SMILES string of the molecule is COc1ccc2ccccc2c1[C@@H](N)CO.Cl. The second-order valence-corrected chi connectivity index (χ2v) is 3.69. The van der Waals surface area contributed by atoms with Crippen LogP contribution in [0.5, 0.6) is 5.75 Å². The summed E-state index contributed by atoms with van der Waals surface area (Å²) in [6.07, 6.45) is 0. The Balaban J connectivity index is 0.00000144. The molecule has 4 heteroatoms. The van der Waals surface area contributed by atoms with E-state index < -0.39 is 6.04 Å². The molecule has 3 N–H and O–H groups in total. The Bertz CT molecular complexity index is 502. The molecule has 0 aliphatic heterocycles. The molecule has 0 saturated heterocycles. The molecule has 1 atom stereocenters. The van der Waals surface area contributed by atoms with Crippen LogP contribution in [-0.4, -0.2) is 18.8 Å². The third kappa shape index (κ3) is 2.52. The third-order valence-electron chi connectivity index (χ3n) is 2.72. The van der Waals surface area contributed by atoms with E-state index in [4.69, 9.17) is 10.5 Å². The number of methoxy groups -OCH3 is 1. The van der Waals surface area contributed by atoms with Gasteiger partial charge >= 0.3 is 0 Å². The number of halogens is 1. The molecule has 0 aliphatic carbocycles. The van der Waals surface area contributed by atoms with Gasteiger partial charge in [-0.15, -0.1) is 12.4 Å². The maximum absolute atomic E-state index is 9.19. The molecule has 2 aromatic carbocycles. The molecule has 0 radical (unpaired) electrons. The van der Waals surface area contributed by atoms with Crippen molar-refractivity contribution in [3.8, 4) is 5.75 Å². The number of ether oxygens (including phenoxy) is 1. The lowest BCUT2D eigenvalue weighted by molar-refractivity contribution is 0.265. The Kier molecular flexibility index (Phi) is 4.75.